The molecule has 1 saturated carbocycles. The third-order valence-corrected chi connectivity index (χ3v) is 11.3. The molecule has 4 rings (SSSR count). The number of carboxylic acids is 1. The summed E-state index contributed by atoms with van der Waals surface area (Å²) in [5.41, 5.74) is 7.63. The summed E-state index contributed by atoms with van der Waals surface area (Å²) in [4.78, 5) is 65.6. The molecule has 1 aliphatic carbocycles. The van der Waals surface area contributed by atoms with Crippen LogP contribution in [0, 0.1) is 0 Å². The molecule has 4 amide bonds. The van der Waals surface area contributed by atoms with Crippen LogP contribution in [0.5, 0.6) is 5.75 Å². The lowest BCUT2D eigenvalue weighted by Gasteiger charge is -2.41. The number of phenols is 1. The Labute approximate surface area is 269 Å². The summed E-state index contributed by atoms with van der Waals surface area (Å²) >= 11 is 0. The zero-order valence-electron chi connectivity index (χ0n) is 24.7. The average molecular weight is 658 g/mol. The highest BCUT2D eigenvalue weighted by Crippen LogP contribution is 2.48. The molecule has 1 aliphatic heterocycles. The third kappa shape index (κ3) is 9.62. The number of aromatic hydroxyl groups is 1. The van der Waals surface area contributed by atoms with Crippen molar-refractivity contribution in [3.63, 3.8) is 0 Å². The highest BCUT2D eigenvalue weighted by atomic mass is 33.1. The van der Waals surface area contributed by atoms with Crippen molar-refractivity contribution in [2.45, 2.75) is 73.9 Å². The van der Waals surface area contributed by atoms with Crippen LogP contribution < -0.4 is 27.0 Å². The van der Waals surface area contributed by atoms with E-state index in [9.17, 15) is 34.2 Å². The number of rotatable bonds is 7. The Morgan fingerprint density at radius 1 is 0.956 bits per heavy atom. The van der Waals surface area contributed by atoms with Crippen LogP contribution in [0.4, 0.5) is 0 Å². The van der Waals surface area contributed by atoms with Crippen LogP contribution in [0.3, 0.4) is 0 Å². The van der Waals surface area contributed by atoms with Crippen LogP contribution in [-0.2, 0) is 36.8 Å². The quantitative estimate of drug-likeness (QED) is 0.213. The molecule has 242 valence electrons. The average Bonchev–Trinajstić information content (AvgIpc) is 3.03. The van der Waals surface area contributed by atoms with Gasteiger partial charge in [-0.05, 0) is 42.5 Å². The third-order valence-electron chi connectivity index (χ3n) is 7.94. The van der Waals surface area contributed by atoms with E-state index in [1.807, 2.05) is 6.07 Å². The van der Waals surface area contributed by atoms with Crippen LogP contribution in [0.2, 0.25) is 0 Å². The van der Waals surface area contributed by atoms with Crippen molar-refractivity contribution in [2.75, 3.05) is 12.3 Å². The summed E-state index contributed by atoms with van der Waals surface area (Å²) in [6.07, 6.45) is 3.80. The molecule has 2 aromatic rings. The molecule has 1 saturated heterocycles. The zero-order valence-corrected chi connectivity index (χ0v) is 26.3. The minimum Gasteiger partial charge on any atom is -0.508 e. The lowest BCUT2D eigenvalue weighted by Crippen LogP contribution is -2.61. The molecule has 0 radical (unpaired) electrons. The predicted octanol–water partition coefficient (Wildman–Crippen LogP) is 1.26. The molecule has 1 spiro atoms. The van der Waals surface area contributed by atoms with E-state index in [1.165, 1.54) is 33.7 Å². The summed E-state index contributed by atoms with van der Waals surface area (Å²) in [5, 5.41) is 30.5. The van der Waals surface area contributed by atoms with Crippen LogP contribution in [0.15, 0.2) is 54.6 Å². The van der Waals surface area contributed by atoms with Crippen molar-refractivity contribution in [1.29, 1.82) is 0 Å². The molecule has 14 heteroatoms. The van der Waals surface area contributed by atoms with E-state index in [2.05, 4.69) is 21.3 Å². The van der Waals surface area contributed by atoms with Crippen molar-refractivity contribution in [3.8, 4) is 5.75 Å². The standard InChI is InChI=1S/C31H39N5O7S2/c32-22(15-20-9-11-21(37)12-10-20)27(39)35-24-18-44-45-31(13-5-2-6-14-31)26(30(42)43)36-29(41)23(16-19-7-3-1-4-8-19)34-25(38)17-33-28(24)40/h1,3-4,7-12,22-24,26,37H,2,5-6,13-18,32H2,(H,33,40)(H,34,38)(H,35,39)(H,36,41)(H,42,43)/t22-,23-,24+,26+/m0/s1. The van der Waals surface area contributed by atoms with Crippen molar-refractivity contribution >= 4 is 51.2 Å². The lowest BCUT2D eigenvalue weighted by atomic mass is 9.82. The van der Waals surface area contributed by atoms with Crippen molar-refractivity contribution < 1.29 is 34.2 Å². The van der Waals surface area contributed by atoms with Crippen molar-refractivity contribution in [1.82, 2.24) is 21.3 Å². The van der Waals surface area contributed by atoms with Gasteiger partial charge in [-0.25, -0.2) is 4.79 Å². The largest absolute Gasteiger partial charge is 0.508 e. The van der Waals surface area contributed by atoms with Gasteiger partial charge >= 0.3 is 5.97 Å². The SMILES string of the molecule is N[C@@H](Cc1ccc(O)cc1)C(=O)N[C@@H]1CSSC2(CCCCC2)[C@@H](C(=O)O)NC(=O)[C@H](Cc2ccccc2)NC(=O)CNC1=O. The molecule has 0 unspecified atom stereocenters. The van der Waals surface area contributed by atoms with Gasteiger partial charge in [-0.2, -0.15) is 0 Å². The van der Waals surface area contributed by atoms with E-state index in [-0.39, 0.29) is 24.3 Å². The number of nitrogens with two attached hydrogens (primary N) is 1. The Bertz CT molecular complexity index is 1360. The molecule has 0 bridgehead atoms. The number of carbonyl (C=O) groups excluding carboxylic acids is 4. The van der Waals surface area contributed by atoms with Gasteiger partial charge in [0.25, 0.3) is 0 Å². The van der Waals surface area contributed by atoms with Gasteiger partial charge in [-0.1, -0.05) is 83.3 Å². The van der Waals surface area contributed by atoms with E-state index in [0.717, 1.165) is 30.4 Å². The van der Waals surface area contributed by atoms with Gasteiger partial charge in [-0.15, -0.1) is 0 Å². The first-order valence-electron chi connectivity index (χ1n) is 14.8. The molecular formula is C31H39N5O7S2. The Morgan fingerprint density at radius 3 is 2.31 bits per heavy atom. The number of hydrogen-bond acceptors (Lipinski definition) is 9. The Balaban J connectivity index is 1.56. The normalized spacial score (nSPS) is 23.5. The van der Waals surface area contributed by atoms with Gasteiger partial charge in [-0.3, -0.25) is 19.2 Å². The monoisotopic (exact) mass is 657 g/mol. The highest BCUT2D eigenvalue weighted by Gasteiger charge is 2.47. The Hall–Kier alpha value is -3.75. The predicted molar refractivity (Wildman–Crippen MR) is 172 cm³/mol. The Kier molecular flexibility index (Phi) is 12.1. The van der Waals surface area contributed by atoms with Gasteiger partial charge in [0.2, 0.25) is 23.6 Å². The maximum Gasteiger partial charge on any atom is 0.327 e. The second kappa shape index (κ2) is 16.0. The molecule has 2 aromatic carbocycles. The fourth-order valence-corrected chi connectivity index (χ4v) is 8.98. The molecule has 1 heterocycles. The van der Waals surface area contributed by atoms with E-state index in [1.54, 1.807) is 36.4 Å². The number of nitrogens with one attached hydrogen (secondary N) is 4. The van der Waals surface area contributed by atoms with Gasteiger partial charge in [0.15, 0.2) is 0 Å². The number of hydrogen-bond donors (Lipinski definition) is 7. The summed E-state index contributed by atoms with van der Waals surface area (Å²) in [6.45, 7) is -0.465. The van der Waals surface area contributed by atoms with E-state index in [4.69, 9.17) is 5.73 Å². The minimum atomic E-state index is -1.25. The summed E-state index contributed by atoms with van der Waals surface area (Å²) in [6, 6.07) is 10.9. The van der Waals surface area contributed by atoms with Gasteiger partial charge in [0, 0.05) is 12.2 Å². The molecule has 12 nitrogen and oxygen atoms in total. The number of amides is 4. The first-order chi connectivity index (χ1) is 21.6. The van der Waals surface area contributed by atoms with Crippen molar-refractivity contribution in [2.24, 2.45) is 5.73 Å². The molecule has 4 atom stereocenters. The van der Waals surface area contributed by atoms with Crippen LogP contribution in [0.1, 0.15) is 43.2 Å². The topological polar surface area (TPSA) is 200 Å². The zero-order chi connectivity index (χ0) is 32.4. The smallest absolute Gasteiger partial charge is 0.327 e. The van der Waals surface area contributed by atoms with Gasteiger partial charge in [0.1, 0.15) is 23.9 Å². The highest BCUT2D eigenvalue weighted by molar-refractivity contribution is 8.77. The second-order valence-corrected chi connectivity index (χ2v) is 14.1. The molecule has 2 fully saturated rings. The van der Waals surface area contributed by atoms with E-state index >= 15 is 0 Å². The van der Waals surface area contributed by atoms with Gasteiger partial charge in [0.05, 0.1) is 17.3 Å². The summed E-state index contributed by atoms with van der Waals surface area (Å²) in [5.74, 6) is -3.49. The number of benzene rings is 2. The number of carbonyl (C=O) groups is 5. The second-order valence-electron chi connectivity index (χ2n) is 11.3. The molecule has 8 N–H and O–H groups in total. The molecule has 45 heavy (non-hydrogen) atoms. The van der Waals surface area contributed by atoms with Crippen LogP contribution in [-0.4, -0.2) is 81.0 Å². The van der Waals surface area contributed by atoms with Crippen molar-refractivity contribution in [3.05, 3.63) is 65.7 Å². The Morgan fingerprint density at radius 2 is 1.64 bits per heavy atom. The number of phenolic OH excluding ortho intramolecular Hbond substituents is 1. The molecule has 0 aromatic heterocycles. The minimum absolute atomic E-state index is 0.0639. The number of aliphatic carboxylic acids is 1. The van der Waals surface area contributed by atoms with Gasteiger partial charge < -0.3 is 37.2 Å². The summed E-state index contributed by atoms with van der Waals surface area (Å²) < 4.78 is -0.879. The lowest BCUT2D eigenvalue weighted by molar-refractivity contribution is -0.143. The van der Waals surface area contributed by atoms with Crippen LogP contribution >= 0.6 is 21.6 Å². The molecular weight excluding hydrogens is 619 g/mol. The van der Waals surface area contributed by atoms with Crippen LogP contribution in [0.25, 0.3) is 0 Å². The fraction of sp³-hybridized carbons (Fsp3) is 0.452. The maximum atomic E-state index is 13.6. The fourth-order valence-electron chi connectivity index (χ4n) is 5.49. The number of carboxylic acid groups (broad SMARTS) is 1. The van der Waals surface area contributed by atoms with E-state index < -0.39 is 65.1 Å². The first-order valence-corrected chi connectivity index (χ1v) is 17.2. The van der Waals surface area contributed by atoms with E-state index in [0.29, 0.717) is 12.8 Å². The first kappa shape index (κ1) is 34.1. The summed E-state index contributed by atoms with van der Waals surface area (Å²) in [7, 11) is 2.55. The maximum absolute atomic E-state index is 13.6. The molecule has 2 aliphatic rings.